The molecule has 2 aromatic carbocycles. The molecule has 0 aliphatic carbocycles. The van der Waals surface area contributed by atoms with Gasteiger partial charge in [-0.25, -0.2) is 13.1 Å². The Morgan fingerprint density at radius 1 is 1.14 bits per heavy atom. The van der Waals surface area contributed by atoms with Crippen molar-refractivity contribution in [2.75, 3.05) is 17.3 Å². The molecule has 2 aromatic rings. The molecule has 0 radical (unpaired) electrons. The van der Waals surface area contributed by atoms with E-state index in [1.807, 2.05) is 42.5 Å². The minimum Gasteiger partial charge on any atom is -0.212 e. The number of sulfonamides is 1. The number of thioether (sulfide) groups is 2. The average Bonchev–Trinajstić information content (AvgIpc) is 3.14. The highest BCUT2D eigenvalue weighted by Crippen LogP contribution is 2.52. The van der Waals surface area contributed by atoms with Gasteiger partial charge >= 0.3 is 0 Å². The van der Waals surface area contributed by atoms with Crippen LogP contribution in [0.5, 0.6) is 0 Å². The first kappa shape index (κ1) is 21.7. The first-order valence-corrected chi connectivity index (χ1v) is 16.7. The van der Waals surface area contributed by atoms with Gasteiger partial charge in [-0.2, -0.15) is 5.26 Å². The summed E-state index contributed by atoms with van der Waals surface area (Å²) in [5.74, 6) is 1.80. The molecule has 1 atom stereocenters. The van der Waals surface area contributed by atoms with Crippen molar-refractivity contribution >= 4 is 52.4 Å². The molecule has 150 valence electrons. The molecular weight excluding hydrogens is 425 g/mol. The molecule has 1 saturated heterocycles. The molecule has 28 heavy (non-hydrogen) atoms. The third-order valence-electron chi connectivity index (χ3n) is 4.80. The first-order chi connectivity index (χ1) is 13.2. The van der Waals surface area contributed by atoms with Crippen molar-refractivity contribution in [1.29, 1.82) is 5.26 Å². The van der Waals surface area contributed by atoms with Crippen LogP contribution in [0, 0.1) is 11.3 Å². The Labute approximate surface area is 177 Å². The van der Waals surface area contributed by atoms with Crippen molar-refractivity contribution in [2.24, 2.45) is 0 Å². The van der Waals surface area contributed by atoms with E-state index < -0.39 is 28.2 Å². The van der Waals surface area contributed by atoms with Gasteiger partial charge in [-0.05, 0) is 22.4 Å². The van der Waals surface area contributed by atoms with Crippen LogP contribution in [0.25, 0.3) is 10.8 Å². The minimum atomic E-state index is -3.51. The van der Waals surface area contributed by atoms with E-state index in [9.17, 15) is 13.7 Å². The molecule has 8 heteroatoms. The zero-order valence-corrected chi connectivity index (χ0v) is 19.9. The normalized spacial score (nSPS) is 18.1. The summed E-state index contributed by atoms with van der Waals surface area (Å²) in [6.45, 7) is 6.51. The van der Waals surface area contributed by atoms with Gasteiger partial charge in [0.2, 0.25) is 10.0 Å². The maximum absolute atomic E-state index is 13.0. The fourth-order valence-electron chi connectivity index (χ4n) is 3.25. The van der Waals surface area contributed by atoms with Gasteiger partial charge in [0, 0.05) is 19.6 Å². The lowest BCUT2D eigenvalue weighted by Crippen LogP contribution is -2.42. The largest absolute Gasteiger partial charge is 0.212 e. The highest BCUT2D eigenvalue weighted by atomic mass is 32.2. The van der Waals surface area contributed by atoms with E-state index in [-0.39, 0.29) is 5.75 Å². The van der Waals surface area contributed by atoms with Gasteiger partial charge in [0.1, 0.15) is 0 Å². The van der Waals surface area contributed by atoms with Crippen LogP contribution in [-0.4, -0.2) is 37.8 Å². The molecule has 0 bridgehead atoms. The third-order valence-corrected chi connectivity index (χ3v) is 11.5. The van der Waals surface area contributed by atoms with Crippen molar-refractivity contribution in [2.45, 2.75) is 35.8 Å². The van der Waals surface area contributed by atoms with Crippen LogP contribution in [-0.2, 0) is 10.0 Å². The van der Waals surface area contributed by atoms with Crippen LogP contribution in [0.4, 0.5) is 0 Å². The lowest BCUT2D eigenvalue weighted by molar-refractivity contribution is 0.558. The number of hydrogen-bond donors (Lipinski definition) is 1. The first-order valence-electron chi connectivity index (χ1n) is 9.33. The van der Waals surface area contributed by atoms with Crippen molar-refractivity contribution < 1.29 is 8.42 Å². The van der Waals surface area contributed by atoms with E-state index in [4.69, 9.17) is 0 Å². The number of hydrogen-bond acceptors (Lipinski definition) is 5. The summed E-state index contributed by atoms with van der Waals surface area (Å²) in [5, 5.41) is 12.1. The van der Waals surface area contributed by atoms with Crippen LogP contribution in [0.3, 0.4) is 0 Å². The second-order valence-corrected chi connectivity index (χ2v) is 18.7. The maximum atomic E-state index is 13.0. The summed E-state index contributed by atoms with van der Waals surface area (Å²) in [4.78, 5) is 0. The van der Waals surface area contributed by atoms with Crippen LogP contribution in [0.1, 0.15) is 11.6 Å². The Bertz CT molecular complexity index is 985. The van der Waals surface area contributed by atoms with Gasteiger partial charge in [0.15, 0.2) is 4.08 Å². The van der Waals surface area contributed by atoms with Crippen LogP contribution < -0.4 is 4.72 Å². The van der Waals surface area contributed by atoms with Crippen molar-refractivity contribution in [3.8, 4) is 6.07 Å². The number of rotatable bonds is 7. The molecule has 3 rings (SSSR count). The van der Waals surface area contributed by atoms with Crippen LogP contribution >= 0.6 is 23.5 Å². The van der Waals surface area contributed by atoms with E-state index in [1.165, 1.54) is 0 Å². The monoisotopic (exact) mass is 450 g/mol. The summed E-state index contributed by atoms with van der Waals surface area (Å²) >= 11 is 3.10. The number of nitrogens with zero attached hydrogens (tertiary/aromatic N) is 1. The van der Waals surface area contributed by atoms with Crippen LogP contribution in [0.2, 0.25) is 25.7 Å². The van der Waals surface area contributed by atoms with E-state index in [0.717, 1.165) is 27.8 Å². The molecule has 1 aliphatic rings. The van der Waals surface area contributed by atoms with E-state index in [2.05, 4.69) is 30.4 Å². The SMILES string of the molecule is C[Si](C)(C)CCS(=O)(=O)N[C@@H](c1cccc2ccccc12)C1(C#N)SCCS1. The van der Waals surface area contributed by atoms with Gasteiger partial charge < -0.3 is 0 Å². The van der Waals surface area contributed by atoms with Crippen molar-refractivity contribution in [1.82, 2.24) is 4.72 Å². The standard InChI is InChI=1S/C20H26N2O2S3Si/c1-28(2,3)14-13-27(23,24)22-19(20(15-21)25-11-12-26-20)18-10-6-8-16-7-4-5-9-17(16)18/h4-10,19,22H,11-14H2,1-3H3/t19-/m0/s1. The summed E-state index contributed by atoms with van der Waals surface area (Å²) in [5.41, 5.74) is 0.873. The predicted molar refractivity (Wildman–Crippen MR) is 125 cm³/mol. The topological polar surface area (TPSA) is 70.0 Å². The molecule has 1 N–H and O–H groups in total. The number of fused-ring (bicyclic) bond motifs is 1. The molecule has 1 fully saturated rings. The van der Waals surface area contributed by atoms with Crippen molar-refractivity contribution in [3.63, 3.8) is 0 Å². The molecule has 0 aromatic heterocycles. The molecule has 1 aliphatic heterocycles. The van der Waals surface area contributed by atoms with Gasteiger partial charge in [0.05, 0.1) is 17.9 Å². The minimum absolute atomic E-state index is 0.112. The van der Waals surface area contributed by atoms with Gasteiger partial charge in [0.25, 0.3) is 0 Å². The second kappa shape index (κ2) is 8.40. The molecule has 1 heterocycles. The summed E-state index contributed by atoms with van der Waals surface area (Å²) in [7, 11) is -5.00. The van der Waals surface area contributed by atoms with Gasteiger partial charge in [-0.1, -0.05) is 62.1 Å². The fourth-order valence-corrected chi connectivity index (χ4v) is 10.6. The Balaban J connectivity index is 2.05. The Hall–Kier alpha value is -0.983. The Morgan fingerprint density at radius 3 is 2.43 bits per heavy atom. The molecule has 0 amide bonds. The summed E-state index contributed by atoms with van der Waals surface area (Å²) in [6.07, 6.45) is 0. The van der Waals surface area contributed by atoms with Crippen LogP contribution in [0.15, 0.2) is 42.5 Å². The number of nitriles is 1. The summed E-state index contributed by atoms with van der Waals surface area (Å²) in [6, 6.07) is 16.4. The predicted octanol–water partition coefficient (Wildman–Crippen LogP) is 4.84. The zero-order valence-electron chi connectivity index (χ0n) is 16.4. The quantitative estimate of drug-likeness (QED) is 0.611. The molecule has 4 nitrogen and oxygen atoms in total. The second-order valence-electron chi connectivity index (χ2n) is 8.22. The third kappa shape index (κ3) is 4.95. The number of benzene rings is 2. The lowest BCUT2D eigenvalue weighted by atomic mass is 9.97. The fraction of sp³-hybridized carbons (Fsp3) is 0.450. The smallest absolute Gasteiger partial charge is 0.211 e. The van der Waals surface area contributed by atoms with E-state index in [1.54, 1.807) is 23.5 Å². The average molecular weight is 451 g/mol. The molecule has 0 saturated carbocycles. The highest BCUT2D eigenvalue weighted by molar-refractivity contribution is 8.21. The van der Waals surface area contributed by atoms with Crippen molar-refractivity contribution in [3.05, 3.63) is 48.0 Å². The Morgan fingerprint density at radius 2 is 1.79 bits per heavy atom. The number of nitrogens with one attached hydrogen (secondary N) is 1. The molecular formula is C20H26N2O2S3Si. The zero-order chi connectivity index (χ0) is 20.4. The molecule has 0 unspecified atom stereocenters. The summed E-state index contributed by atoms with van der Waals surface area (Å²) < 4.78 is 28.1. The van der Waals surface area contributed by atoms with Gasteiger partial charge in [-0.15, -0.1) is 23.5 Å². The Kier molecular flexibility index (Phi) is 6.52. The van der Waals surface area contributed by atoms with E-state index in [0.29, 0.717) is 6.04 Å². The molecule has 0 spiro atoms. The van der Waals surface area contributed by atoms with Gasteiger partial charge in [-0.3, -0.25) is 0 Å². The maximum Gasteiger partial charge on any atom is 0.211 e. The lowest BCUT2D eigenvalue weighted by Gasteiger charge is -2.32. The van der Waals surface area contributed by atoms with E-state index >= 15 is 0 Å². The highest BCUT2D eigenvalue weighted by Gasteiger charge is 2.46.